The normalized spacial score (nSPS) is 30.9. The second kappa shape index (κ2) is 3.75. The minimum Gasteiger partial charge on any atom is -0.363 e. The van der Waals surface area contributed by atoms with Crippen molar-refractivity contribution in [3.63, 3.8) is 0 Å². The lowest BCUT2D eigenvalue weighted by Crippen LogP contribution is -2.59. The summed E-state index contributed by atoms with van der Waals surface area (Å²) in [5.74, 6) is -0.0574. The Morgan fingerprint density at radius 3 is 2.63 bits per heavy atom. The predicted octanol–water partition coefficient (Wildman–Crippen LogP) is 3.20. The van der Waals surface area contributed by atoms with Gasteiger partial charge in [-0.15, -0.1) is 0 Å². The Balaban J connectivity index is 2.32. The van der Waals surface area contributed by atoms with E-state index in [2.05, 4.69) is 36.1 Å². The molecule has 1 saturated heterocycles. The van der Waals surface area contributed by atoms with Gasteiger partial charge in [-0.05, 0) is 31.4 Å². The van der Waals surface area contributed by atoms with Gasteiger partial charge in [0.25, 0.3) is 0 Å². The van der Waals surface area contributed by atoms with Crippen molar-refractivity contribution in [3.05, 3.63) is 29.8 Å². The van der Waals surface area contributed by atoms with Gasteiger partial charge < -0.3 is 4.90 Å². The Morgan fingerprint density at radius 1 is 1.26 bits per heavy atom. The van der Waals surface area contributed by atoms with Crippen molar-refractivity contribution in [2.75, 3.05) is 11.4 Å². The standard InChI is InChI=1S/C16H17N3/c1-12-13-6-3-4-7-14(13)19-9-5-8-15(19,2)16(12,10-17)11-18/h3-4,6-7,12H,5,8-9H2,1-2H3/t12-,15-/m1/s1. The summed E-state index contributed by atoms with van der Waals surface area (Å²) in [6.07, 6.45) is 1.95. The molecular weight excluding hydrogens is 234 g/mol. The summed E-state index contributed by atoms with van der Waals surface area (Å²) >= 11 is 0. The molecule has 3 nitrogen and oxygen atoms in total. The molecule has 3 heteroatoms. The van der Waals surface area contributed by atoms with Crippen LogP contribution in [0.4, 0.5) is 5.69 Å². The van der Waals surface area contributed by atoms with E-state index in [-0.39, 0.29) is 11.5 Å². The molecule has 0 N–H and O–H groups in total. The van der Waals surface area contributed by atoms with Crippen LogP contribution in [0.5, 0.6) is 0 Å². The highest BCUT2D eigenvalue weighted by Crippen LogP contribution is 2.58. The zero-order chi connectivity index (χ0) is 13.7. The summed E-state index contributed by atoms with van der Waals surface area (Å²) in [6, 6.07) is 12.9. The molecule has 2 aliphatic rings. The first kappa shape index (κ1) is 12.1. The lowest BCUT2D eigenvalue weighted by molar-refractivity contribution is 0.226. The van der Waals surface area contributed by atoms with E-state index in [0.717, 1.165) is 24.9 Å². The number of rotatable bonds is 0. The second-order valence-corrected chi connectivity index (χ2v) is 5.84. The van der Waals surface area contributed by atoms with Gasteiger partial charge in [-0.1, -0.05) is 25.1 Å². The molecule has 0 aliphatic carbocycles. The van der Waals surface area contributed by atoms with E-state index in [0.29, 0.717) is 0 Å². The van der Waals surface area contributed by atoms with Crippen LogP contribution in [0.2, 0.25) is 0 Å². The summed E-state index contributed by atoms with van der Waals surface area (Å²) in [5.41, 5.74) is 1.00. The van der Waals surface area contributed by atoms with Crippen LogP contribution in [0.3, 0.4) is 0 Å². The van der Waals surface area contributed by atoms with Crippen LogP contribution in [0, 0.1) is 28.1 Å². The highest BCUT2D eigenvalue weighted by molar-refractivity contribution is 5.65. The van der Waals surface area contributed by atoms with Crippen molar-refractivity contribution < 1.29 is 0 Å². The van der Waals surface area contributed by atoms with Crippen LogP contribution in [0.15, 0.2) is 24.3 Å². The fourth-order valence-electron chi connectivity index (χ4n) is 4.02. The highest BCUT2D eigenvalue weighted by Gasteiger charge is 2.61. The van der Waals surface area contributed by atoms with E-state index < -0.39 is 5.41 Å². The Kier molecular flexibility index (Phi) is 2.38. The number of para-hydroxylation sites is 1. The SMILES string of the molecule is C[C@@H]1c2ccccc2N2CCC[C@]2(C)C1(C#N)C#N. The molecule has 0 saturated carbocycles. The van der Waals surface area contributed by atoms with Crippen molar-refractivity contribution in [1.29, 1.82) is 10.5 Å². The topological polar surface area (TPSA) is 50.8 Å². The van der Waals surface area contributed by atoms with Gasteiger partial charge in [0.05, 0.1) is 17.7 Å². The minimum absolute atomic E-state index is 0.0574. The number of nitrogens with zero attached hydrogens (tertiary/aromatic N) is 3. The first-order valence-electron chi connectivity index (χ1n) is 6.80. The molecule has 96 valence electrons. The van der Waals surface area contributed by atoms with E-state index in [1.54, 1.807) is 0 Å². The van der Waals surface area contributed by atoms with Gasteiger partial charge >= 0.3 is 0 Å². The van der Waals surface area contributed by atoms with E-state index in [4.69, 9.17) is 0 Å². The molecule has 2 atom stereocenters. The first-order valence-corrected chi connectivity index (χ1v) is 6.80. The molecule has 0 radical (unpaired) electrons. The molecule has 19 heavy (non-hydrogen) atoms. The lowest BCUT2D eigenvalue weighted by atomic mass is 9.59. The third-order valence-electron chi connectivity index (χ3n) is 5.19. The largest absolute Gasteiger partial charge is 0.363 e. The van der Waals surface area contributed by atoms with E-state index in [1.807, 2.05) is 19.1 Å². The molecule has 0 aromatic heterocycles. The molecule has 1 fully saturated rings. The summed E-state index contributed by atoms with van der Waals surface area (Å²) in [4.78, 5) is 2.29. The predicted molar refractivity (Wildman–Crippen MR) is 73.5 cm³/mol. The number of nitriles is 2. The van der Waals surface area contributed by atoms with Crippen LogP contribution < -0.4 is 4.90 Å². The maximum Gasteiger partial charge on any atom is 0.172 e. The number of fused-ring (bicyclic) bond motifs is 3. The second-order valence-electron chi connectivity index (χ2n) is 5.84. The van der Waals surface area contributed by atoms with Gasteiger partial charge in [0.2, 0.25) is 0 Å². The average molecular weight is 251 g/mol. The van der Waals surface area contributed by atoms with Crippen LogP contribution in [0.1, 0.15) is 38.2 Å². The van der Waals surface area contributed by atoms with Gasteiger partial charge in [0.15, 0.2) is 5.41 Å². The van der Waals surface area contributed by atoms with Crippen molar-refractivity contribution in [1.82, 2.24) is 0 Å². The van der Waals surface area contributed by atoms with Gasteiger partial charge in [-0.2, -0.15) is 10.5 Å². The summed E-state index contributed by atoms with van der Waals surface area (Å²) in [6.45, 7) is 5.04. The monoisotopic (exact) mass is 251 g/mol. The fraction of sp³-hybridized carbons (Fsp3) is 0.500. The maximum absolute atomic E-state index is 9.75. The fourth-order valence-corrected chi connectivity index (χ4v) is 4.02. The van der Waals surface area contributed by atoms with Crippen LogP contribution in [-0.2, 0) is 0 Å². The van der Waals surface area contributed by atoms with Gasteiger partial charge in [-0.3, -0.25) is 0 Å². The van der Waals surface area contributed by atoms with E-state index in [9.17, 15) is 10.5 Å². The third-order valence-corrected chi connectivity index (χ3v) is 5.19. The van der Waals surface area contributed by atoms with Crippen molar-refractivity contribution in [2.24, 2.45) is 5.41 Å². The Hall–Kier alpha value is -2.00. The summed E-state index contributed by atoms with van der Waals surface area (Å²) in [5, 5.41) is 19.5. The average Bonchev–Trinajstić information content (AvgIpc) is 2.83. The van der Waals surface area contributed by atoms with Crippen LogP contribution in [0.25, 0.3) is 0 Å². The minimum atomic E-state index is -0.960. The molecule has 2 heterocycles. The van der Waals surface area contributed by atoms with E-state index in [1.165, 1.54) is 5.69 Å². The Labute approximate surface area is 114 Å². The number of benzene rings is 1. The smallest absolute Gasteiger partial charge is 0.172 e. The van der Waals surface area contributed by atoms with Gasteiger partial charge in [0.1, 0.15) is 0 Å². The number of anilines is 1. The molecule has 0 amide bonds. The summed E-state index contributed by atoms with van der Waals surface area (Å²) < 4.78 is 0. The Morgan fingerprint density at radius 2 is 1.95 bits per heavy atom. The number of hydrogen-bond acceptors (Lipinski definition) is 3. The molecule has 2 aliphatic heterocycles. The third kappa shape index (κ3) is 1.21. The molecule has 1 aromatic carbocycles. The van der Waals surface area contributed by atoms with Crippen molar-refractivity contribution >= 4 is 5.69 Å². The Bertz CT molecular complexity index is 593. The zero-order valence-electron chi connectivity index (χ0n) is 11.3. The highest BCUT2D eigenvalue weighted by atomic mass is 15.2. The quantitative estimate of drug-likeness (QED) is 0.711. The maximum atomic E-state index is 9.75. The zero-order valence-corrected chi connectivity index (χ0v) is 11.3. The molecule has 0 bridgehead atoms. The molecule has 3 rings (SSSR count). The molecule has 0 unspecified atom stereocenters. The van der Waals surface area contributed by atoms with Crippen LogP contribution >= 0.6 is 0 Å². The summed E-state index contributed by atoms with van der Waals surface area (Å²) in [7, 11) is 0. The first-order chi connectivity index (χ1) is 9.10. The molecule has 1 aromatic rings. The van der Waals surface area contributed by atoms with Gasteiger partial charge in [-0.25, -0.2) is 0 Å². The van der Waals surface area contributed by atoms with Gasteiger partial charge in [0, 0.05) is 18.2 Å². The molecule has 0 spiro atoms. The van der Waals surface area contributed by atoms with Crippen molar-refractivity contribution in [2.45, 2.75) is 38.1 Å². The van der Waals surface area contributed by atoms with Crippen molar-refractivity contribution in [3.8, 4) is 12.1 Å². The van der Waals surface area contributed by atoms with Crippen LogP contribution in [-0.4, -0.2) is 12.1 Å². The van der Waals surface area contributed by atoms with E-state index >= 15 is 0 Å². The molecular formula is C16H17N3. The lowest BCUT2D eigenvalue weighted by Gasteiger charge is -2.52. The number of hydrogen-bond donors (Lipinski definition) is 0.